The van der Waals surface area contributed by atoms with Crippen LogP contribution in [0.3, 0.4) is 0 Å². The van der Waals surface area contributed by atoms with Gasteiger partial charge in [-0.2, -0.15) is 0 Å². The molecule has 23 heavy (non-hydrogen) atoms. The first-order valence-electron chi connectivity index (χ1n) is 6.74. The van der Waals surface area contributed by atoms with Gasteiger partial charge in [-0.3, -0.25) is 20.4 Å². The number of halogens is 2. The van der Waals surface area contributed by atoms with E-state index in [1.807, 2.05) is 0 Å². The molecule has 2 N–H and O–H groups in total. The minimum atomic E-state index is -0.775. The third-order valence-electron chi connectivity index (χ3n) is 2.91. The van der Waals surface area contributed by atoms with Crippen molar-refractivity contribution in [1.29, 1.82) is 0 Å². The maximum absolute atomic E-state index is 11.9. The fourth-order valence-electron chi connectivity index (χ4n) is 1.70. The quantitative estimate of drug-likeness (QED) is 0.778. The summed E-state index contributed by atoms with van der Waals surface area (Å²) in [6, 6.07) is 13.6. The van der Waals surface area contributed by atoms with E-state index in [-0.39, 0.29) is 5.56 Å². The number of hydrogen-bond acceptors (Lipinski definition) is 3. The lowest BCUT2D eigenvalue weighted by molar-refractivity contribution is -0.128. The van der Waals surface area contributed by atoms with E-state index in [2.05, 4.69) is 26.8 Å². The van der Waals surface area contributed by atoms with Gasteiger partial charge in [0.2, 0.25) is 0 Å². The van der Waals surface area contributed by atoms with E-state index in [1.165, 1.54) is 0 Å². The molecular formula is C16H14BrClN2O3. The number of benzene rings is 2. The largest absolute Gasteiger partial charge is 0.481 e. The van der Waals surface area contributed by atoms with Crippen LogP contribution in [0.1, 0.15) is 17.3 Å². The average Bonchev–Trinajstić information content (AvgIpc) is 2.54. The Morgan fingerprint density at radius 2 is 1.74 bits per heavy atom. The summed E-state index contributed by atoms with van der Waals surface area (Å²) in [7, 11) is 0. The molecule has 7 heteroatoms. The molecule has 2 aromatic carbocycles. The van der Waals surface area contributed by atoms with Crippen LogP contribution in [0.2, 0.25) is 5.02 Å². The minimum absolute atomic E-state index is 0.274. The Morgan fingerprint density at radius 1 is 1.09 bits per heavy atom. The summed E-state index contributed by atoms with van der Waals surface area (Å²) in [6.45, 7) is 1.58. The third-order valence-corrected chi connectivity index (χ3v) is 3.77. The molecule has 2 aromatic rings. The Labute approximate surface area is 147 Å². The summed E-state index contributed by atoms with van der Waals surface area (Å²) >= 11 is 9.23. The number of ether oxygens (including phenoxy) is 1. The highest BCUT2D eigenvalue weighted by Crippen LogP contribution is 2.17. The molecule has 120 valence electrons. The van der Waals surface area contributed by atoms with Gasteiger partial charge < -0.3 is 4.74 Å². The maximum atomic E-state index is 11.9. The SMILES string of the molecule is CC(Oc1ccc(Br)cc1)C(=O)NNC(=O)c1ccccc1Cl. The summed E-state index contributed by atoms with van der Waals surface area (Å²) < 4.78 is 6.39. The van der Waals surface area contributed by atoms with Crippen molar-refractivity contribution < 1.29 is 14.3 Å². The first-order valence-corrected chi connectivity index (χ1v) is 7.91. The molecule has 5 nitrogen and oxygen atoms in total. The van der Waals surface area contributed by atoms with Crippen molar-refractivity contribution in [2.45, 2.75) is 13.0 Å². The van der Waals surface area contributed by atoms with E-state index >= 15 is 0 Å². The first-order chi connectivity index (χ1) is 11.0. The van der Waals surface area contributed by atoms with Gasteiger partial charge in [0.25, 0.3) is 11.8 Å². The van der Waals surface area contributed by atoms with Crippen molar-refractivity contribution in [2.75, 3.05) is 0 Å². The Kier molecular flexibility index (Phi) is 6.01. The molecule has 0 saturated carbocycles. The van der Waals surface area contributed by atoms with E-state index < -0.39 is 17.9 Å². The standard InChI is InChI=1S/C16H14BrClN2O3/c1-10(23-12-8-6-11(17)7-9-12)15(21)19-20-16(22)13-4-2-3-5-14(13)18/h2-10H,1H3,(H,19,21)(H,20,22). The molecular weight excluding hydrogens is 384 g/mol. The molecule has 0 aliphatic heterocycles. The highest BCUT2D eigenvalue weighted by atomic mass is 79.9. The molecule has 0 heterocycles. The summed E-state index contributed by atoms with van der Waals surface area (Å²) in [6.07, 6.45) is -0.775. The lowest BCUT2D eigenvalue weighted by atomic mass is 10.2. The Morgan fingerprint density at radius 3 is 2.39 bits per heavy atom. The van der Waals surface area contributed by atoms with E-state index in [1.54, 1.807) is 55.5 Å². The van der Waals surface area contributed by atoms with E-state index in [9.17, 15) is 9.59 Å². The van der Waals surface area contributed by atoms with Gasteiger partial charge in [0.1, 0.15) is 5.75 Å². The van der Waals surface area contributed by atoms with Crippen LogP contribution in [0.25, 0.3) is 0 Å². The topological polar surface area (TPSA) is 67.4 Å². The lowest BCUT2D eigenvalue weighted by Gasteiger charge is -2.15. The van der Waals surface area contributed by atoms with E-state index in [0.717, 1.165) is 4.47 Å². The van der Waals surface area contributed by atoms with Crippen LogP contribution in [-0.4, -0.2) is 17.9 Å². The Balaban J connectivity index is 1.87. The van der Waals surface area contributed by atoms with Crippen molar-refractivity contribution in [3.63, 3.8) is 0 Å². The zero-order valence-electron chi connectivity index (χ0n) is 12.2. The molecule has 0 aliphatic rings. The third kappa shape index (κ3) is 4.97. The molecule has 0 aliphatic carbocycles. The van der Waals surface area contributed by atoms with Crippen molar-refractivity contribution >= 4 is 39.3 Å². The zero-order chi connectivity index (χ0) is 16.8. The van der Waals surface area contributed by atoms with Gasteiger partial charge in [-0.1, -0.05) is 39.7 Å². The molecule has 0 bridgehead atoms. The molecule has 2 amide bonds. The van der Waals surface area contributed by atoms with Crippen LogP contribution in [-0.2, 0) is 4.79 Å². The van der Waals surface area contributed by atoms with Gasteiger partial charge in [-0.25, -0.2) is 0 Å². The molecule has 1 atom stereocenters. The highest BCUT2D eigenvalue weighted by Gasteiger charge is 2.16. The monoisotopic (exact) mass is 396 g/mol. The van der Waals surface area contributed by atoms with Gasteiger partial charge in [-0.15, -0.1) is 0 Å². The fraction of sp³-hybridized carbons (Fsp3) is 0.125. The molecule has 0 saturated heterocycles. The minimum Gasteiger partial charge on any atom is -0.481 e. The lowest BCUT2D eigenvalue weighted by Crippen LogP contribution is -2.47. The van der Waals surface area contributed by atoms with Crippen LogP contribution in [0.4, 0.5) is 0 Å². The molecule has 0 fully saturated rings. The van der Waals surface area contributed by atoms with Gasteiger partial charge >= 0.3 is 0 Å². The fourth-order valence-corrected chi connectivity index (χ4v) is 2.19. The van der Waals surface area contributed by atoms with Crippen LogP contribution in [0.15, 0.2) is 53.0 Å². The van der Waals surface area contributed by atoms with Crippen LogP contribution in [0.5, 0.6) is 5.75 Å². The van der Waals surface area contributed by atoms with Crippen LogP contribution in [0, 0.1) is 0 Å². The molecule has 2 rings (SSSR count). The summed E-state index contributed by atoms with van der Waals surface area (Å²) in [5.74, 6) is -0.429. The number of carbonyl (C=O) groups excluding carboxylic acids is 2. The zero-order valence-corrected chi connectivity index (χ0v) is 14.5. The van der Waals surface area contributed by atoms with Crippen LogP contribution < -0.4 is 15.6 Å². The Hall–Kier alpha value is -2.05. The normalized spacial score (nSPS) is 11.4. The average molecular weight is 398 g/mol. The maximum Gasteiger partial charge on any atom is 0.279 e. The highest BCUT2D eigenvalue weighted by molar-refractivity contribution is 9.10. The summed E-state index contributed by atoms with van der Waals surface area (Å²) in [5, 5.41) is 0.304. The molecule has 0 aromatic heterocycles. The first kappa shape index (κ1) is 17.3. The number of amides is 2. The van der Waals surface area contributed by atoms with E-state index in [0.29, 0.717) is 10.8 Å². The van der Waals surface area contributed by atoms with Gasteiger partial charge in [-0.05, 0) is 43.3 Å². The summed E-state index contributed by atoms with van der Waals surface area (Å²) in [4.78, 5) is 23.9. The van der Waals surface area contributed by atoms with Crippen LogP contribution >= 0.6 is 27.5 Å². The second-order valence-corrected chi connectivity index (χ2v) is 5.96. The van der Waals surface area contributed by atoms with Crippen molar-refractivity contribution in [3.05, 3.63) is 63.6 Å². The number of hydrogen-bond donors (Lipinski definition) is 2. The van der Waals surface area contributed by atoms with Crippen molar-refractivity contribution in [3.8, 4) is 5.75 Å². The second-order valence-electron chi connectivity index (χ2n) is 4.64. The number of rotatable bonds is 4. The molecule has 1 unspecified atom stereocenters. The number of hydrazine groups is 1. The number of carbonyl (C=O) groups is 2. The van der Waals surface area contributed by atoms with Gasteiger partial charge in [0.05, 0.1) is 10.6 Å². The molecule has 0 spiro atoms. The van der Waals surface area contributed by atoms with Crippen molar-refractivity contribution in [2.24, 2.45) is 0 Å². The van der Waals surface area contributed by atoms with Gasteiger partial charge in [0.15, 0.2) is 6.10 Å². The Bertz CT molecular complexity index is 707. The van der Waals surface area contributed by atoms with Gasteiger partial charge in [0, 0.05) is 4.47 Å². The smallest absolute Gasteiger partial charge is 0.279 e. The predicted octanol–water partition coefficient (Wildman–Crippen LogP) is 3.33. The number of nitrogens with one attached hydrogen (secondary N) is 2. The summed E-state index contributed by atoms with van der Waals surface area (Å²) in [5.41, 5.74) is 4.89. The second kappa shape index (κ2) is 7.99. The van der Waals surface area contributed by atoms with E-state index in [4.69, 9.17) is 16.3 Å². The predicted molar refractivity (Wildman–Crippen MR) is 91.3 cm³/mol. The van der Waals surface area contributed by atoms with Crippen molar-refractivity contribution in [1.82, 2.24) is 10.9 Å². The molecule has 0 radical (unpaired) electrons.